The molecule has 7 heteroatoms. The van der Waals surface area contributed by atoms with E-state index in [4.69, 9.17) is 0 Å². The topological polar surface area (TPSA) is 30.7 Å². The van der Waals surface area contributed by atoms with E-state index in [1.807, 2.05) is 0 Å². The van der Waals surface area contributed by atoms with Crippen LogP contribution in [0.5, 0.6) is 0 Å². The third-order valence-electron chi connectivity index (χ3n) is 2.11. The van der Waals surface area contributed by atoms with Gasteiger partial charge in [-0.05, 0) is 11.6 Å². The monoisotopic (exact) mass is 305 g/mol. The summed E-state index contributed by atoms with van der Waals surface area (Å²) in [4.78, 5) is 4.02. The van der Waals surface area contributed by atoms with E-state index >= 15 is 0 Å². The lowest BCUT2D eigenvalue weighted by molar-refractivity contribution is -0.137. The minimum Gasteiger partial charge on any atom is -0.237 e. The van der Waals surface area contributed by atoms with Crippen molar-refractivity contribution in [3.05, 3.63) is 41.9 Å². The molecule has 0 amide bonds. The molecular formula is C10H7BrF3N3. The highest BCUT2D eigenvalue weighted by Crippen LogP contribution is 2.28. The van der Waals surface area contributed by atoms with E-state index in [2.05, 4.69) is 26.0 Å². The molecule has 0 atom stereocenters. The number of nitrogens with zero attached hydrogens (tertiary/aromatic N) is 3. The molecular weight excluding hydrogens is 299 g/mol. The molecule has 0 aliphatic rings. The molecule has 0 radical (unpaired) electrons. The zero-order chi connectivity index (χ0) is 12.5. The Morgan fingerprint density at radius 3 is 2.47 bits per heavy atom. The molecule has 0 saturated heterocycles. The van der Waals surface area contributed by atoms with E-state index in [0.29, 0.717) is 11.1 Å². The van der Waals surface area contributed by atoms with Crippen LogP contribution in [0.1, 0.15) is 11.1 Å². The van der Waals surface area contributed by atoms with Gasteiger partial charge in [-0.25, -0.2) is 9.67 Å². The van der Waals surface area contributed by atoms with E-state index in [0.717, 1.165) is 22.6 Å². The summed E-state index contributed by atoms with van der Waals surface area (Å²) in [6, 6.07) is 3.38. The van der Waals surface area contributed by atoms with Gasteiger partial charge in [0.25, 0.3) is 0 Å². The van der Waals surface area contributed by atoms with Gasteiger partial charge in [0.1, 0.15) is 0 Å². The van der Waals surface area contributed by atoms with Crippen LogP contribution in [-0.2, 0) is 11.5 Å². The molecule has 2 aromatic heterocycles. The maximum Gasteiger partial charge on any atom is 0.419 e. The second kappa shape index (κ2) is 4.48. The number of pyridine rings is 1. The van der Waals surface area contributed by atoms with Gasteiger partial charge in [0.2, 0.25) is 0 Å². The normalized spacial score (nSPS) is 11.8. The Balaban J connectivity index is 2.30. The highest BCUT2D eigenvalue weighted by molar-refractivity contribution is 9.08. The summed E-state index contributed by atoms with van der Waals surface area (Å²) in [5.74, 6) is 0.352. The van der Waals surface area contributed by atoms with Crippen LogP contribution in [0.15, 0.2) is 30.7 Å². The molecule has 0 saturated carbocycles. The molecule has 0 N–H and O–H groups in total. The number of alkyl halides is 4. The van der Waals surface area contributed by atoms with Gasteiger partial charge in [0, 0.05) is 17.7 Å². The molecule has 2 heterocycles. The first-order chi connectivity index (χ1) is 8.00. The number of hydrogen-bond donors (Lipinski definition) is 0. The zero-order valence-corrected chi connectivity index (χ0v) is 10.0. The van der Waals surface area contributed by atoms with Crippen molar-refractivity contribution in [3.8, 4) is 5.82 Å². The molecule has 0 unspecified atom stereocenters. The van der Waals surface area contributed by atoms with Gasteiger partial charge in [-0.1, -0.05) is 22.0 Å². The molecule has 0 bridgehead atoms. The third kappa shape index (κ3) is 2.66. The number of aromatic nitrogens is 3. The molecule has 2 rings (SSSR count). The minimum atomic E-state index is -4.38. The second-order valence-corrected chi connectivity index (χ2v) is 3.89. The van der Waals surface area contributed by atoms with Crippen molar-refractivity contribution in [2.45, 2.75) is 11.5 Å². The number of halogens is 4. The maximum atomic E-state index is 12.4. The predicted octanol–water partition coefficient (Wildman–Crippen LogP) is 3.18. The van der Waals surface area contributed by atoms with Gasteiger partial charge >= 0.3 is 6.18 Å². The van der Waals surface area contributed by atoms with Gasteiger partial charge in [-0.15, -0.1) is 0 Å². The summed E-state index contributed by atoms with van der Waals surface area (Å²) < 4.78 is 38.2. The maximum absolute atomic E-state index is 12.4. The lowest BCUT2D eigenvalue weighted by atomic mass is 10.3. The molecule has 0 spiro atoms. The summed E-state index contributed by atoms with van der Waals surface area (Å²) in [7, 11) is 0. The quantitative estimate of drug-likeness (QED) is 0.798. The average Bonchev–Trinajstić information content (AvgIpc) is 2.78. The van der Waals surface area contributed by atoms with Gasteiger partial charge in [-0.3, -0.25) is 0 Å². The summed E-state index contributed by atoms with van der Waals surface area (Å²) in [5, 5.41) is 4.28. The average molecular weight is 306 g/mol. The van der Waals surface area contributed by atoms with Crippen molar-refractivity contribution >= 4 is 15.9 Å². The Morgan fingerprint density at radius 1 is 1.24 bits per heavy atom. The molecule has 3 nitrogen and oxygen atoms in total. The molecule has 0 aliphatic carbocycles. The Bertz CT molecular complexity index is 504. The van der Waals surface area contributed by atoms with Gasteiger partial charge < -0.3 is 0 Å². The minimum absolute atomic E-state index is 0.352. The summed E-state index contributed by atoms with van der Waals surface area (Å²) in [6.45, 7) is 0. The summed E-state index contributed by atoms with van der Waals surface area (Å²) in [6.07, 6.45) is -1.11. The fourth-order valence-electron chi connectivity index (χ4n) is 1.23. The molecule has 0 aliphatic heterocycles. The fourth-order valence-corrected chi connectivity index (χ4v) is 1.56. The Kier molecular flexibility index (Phi) is 3.19. The van der Waals surface area contributed by atoms with Crippen molar-refractivity contribution < 1.29 is 13.2 Å². The largest absolute Gasteiger partial charge is 0.419 e. The van der Waals surface area contributed by atoms with Crippen LogP contribution in [0, 0.1) is 0 Å². The van der Waals surface area contributed by atoms with Gasteiger partial charge in [0.15, 0.2) is 5.82 Å². The fraction of sp³-hybridized carbons (Fsp3) is 0.200. The molecule has 90 valence electrons. The van der Waals surface area contributed by atoms with Crippen LogP contribution in [0.4, 0.5) is 13.2 Å². The zero-order valence-electron chi connectivity index (χ0n) is 8.45. The highest BCUT2D eigenvalue weighted by Gasteiger charge is 2.32. The smallest absolute Gasteiger partial charge is 0.237 e. The van der Waals surface area contributed by atoms with Crippen molar-refractivity contribution in [3.63, 3.8) is 0 Å². The Morgan fingerprint density at radius 2 is 2.00 bits per heavy atom. The number of hydrogen-bond acceptors (Lipinski definition) is 2. The summed E-state index contributed by atoms with van der Waals surface area (Å²) in [5.41, 5.74) is 0.154. The first kappa shape index (κ1) is 12.1. The van der Waals surface area contributed by atoms with E-state index in [1.165, 1.54) is 0 Å². The Hall–Kier alpha value is -1.37. The highest BCUT2D eigenvalue weighted by atomic mass is 79.9. The van der Waals surface area contributed by atoms with Crippen LogP contribution in [0.25, 0.3) is 5.82 Å². The molecule has 2 aromatic rings. The van der Waals surface area contributed by atoms with Gasteiger partial charge in [-0.2, -0.15) is 18.3 Å². The second-order valence-electron chi connectivity index (χ2n) is 3.33. The molecule has 0 fully saturated rings. The van der Waals surface area contributed by atoms with E-state index < -0.39 is 11.7 Å². The first-order valence-corrected chi connectivity index (χ1v) is 5.76. The summed E-state index contributed by atoms with van der Waals surface area (Å²) >= 11 is 3.26. The molecule has 17 heavy (non-hydrogen) atoms. The van der Waals surface area contributed by atoms with Crippen molar-refractivity contribution in [1.82, 2.24) is 14.8 Å². The van der Waals surface area contributed by atoms with Crippen LogP contribution in [0.2, 0.25) is 0 Å². The van der Waals surface area contributed by atoms with Crippen LogP contribution in [-0.4, -0.2) is 14.8 Å². The lowest BCUT2D eigenvalue weighted by Gasteiger charge is -2.02. The third-order valence-corrected chi connectivity index (χ3v) is 2.76. The number of rotatable bonds is 2. The van der Waals surface area contributed by atoms with Crippen LogP contribution >= 0.6 is 15.9 Å². The van der Waals surface area contributed by atoms with Crippen molar-refractivity contribution in [2.75, 3.05) is 0 Å². The lowest BCUT2D eigenvalue weighted by Crippen LogP contribution is -2.03. The van der Waals surface area contributed by atoms with E-state index in [9.17, 15) is 13.2 Å². The van der Waals surface area contributed by atoms with Crippen molar-refractivity contribution in [1.29, 1.82) is 0 Å². The van der Waals surface area contributed by atoms with Crippen LogP contribution in [0.3, 0.4) is 0 Å². The van der Waals surface area contributed by atoms with Crippen LogP contribution < -0.4 is 0 Å². The Labute approximate surface area is 103 Å². The van der Waals surface area contributed by atoms with E-state index in [-0.39, 0.29) is 0 Å². The van der Waals surface area contributed by atoms with E-state index in [1.54, 1.807) is 18.3 Å². The molecule has 0 aromatic carbocycles. The first-order valence-electron chi connectivity index (χ1n) is 4.64. The standard InChI is InChI=1S/C10H7BrF3N3/c11-3-7-1-2-9(15-4-7)17-6-8(5-16-17)10(12,13)14/h1-2,4-6H,3H2. The predicted molar refractivity (Wildman–Crippen MR) is 59.0 cm³/mol. The SMILES string of the molecule is FC(F)(F)c1cnn(-c2ccc(CBr)cn2)c1. The van der Waals surface area contributed by atoms with Crippen molar-refractivity contribution in [2.24, 2.45) is 0 Å². The van der Waals surface area contributed by atoms with Gasteiger partial charge in [0.05, 0.1) is 11.8 Å².